The minimum Gasteiger partial charge on any atom is -0.493 e. The van der Waals surface area contributed by atoms with E-state index >= 15 is 0 Å². The maximum Gasteiger partial charge on any atom is 0.333 e. The zero-order valence-corrected chi connectivity index (χ0v) is 11.3. The molecule has 0 aliphatic carbocycles. The van der Waals surface area contributed by atoms with Crippen LogP contribution in [0.1, 0.15) is 13.3 Å². The maximum atomic E-state index is 11.0. The molecule has 0 spiro atoms. The van der Waals surface area contributed by atoms with Gasteiger partial charge in [-0.15, -0.1) is 0 Å². The Balaban J connectivity index is 2.14. The van der Waals surface area contributed by atoms with Crippen LogP contribution in [0.5, 0.6) is 5.75 Å². The highest BCUT2D eigenvalue weighted by Crippen LogP contribution is 2.16. The van der Waals surface area contributed by atoms with E-state index in [0.717, 1.165) is 10.2 Å². The number of benzene rings is 1. The molecular formula is C13H15BrO3. The third-order valence-electron chi connectivity index (χ3n) is 1.95. The summed E-state index contributed by atoms with van der Waals surface area (Å²) in [5.41, 5.74) is 0.416. The molecular weight excluding hydrogens is 284 g/mol. The van der Waals surface area contributed by atoms with Crippen molar-refractivity contribution in [2.75, 3.05) is 13.2 Å². The van der Waals surface area contributed by atoms with Crippen LogP contribution in [0.25, 0.3) is 0 Å². The van der Waals surface area contributed by atoms with Crippen molar-refractivity contribution in [3.05, 3.63) is 40.9 Å². The second-order valence-corrected chi connectivity index (χ2v) is 4.49. The van der Waals surface area contributed by atoms with Gasteiger partial charge in [-0.2, -0.15) is 0 Å². The van der Waals surface area contributed by atoms with Crippen LogP contribution in [0.3, 0.4) is 0 Å². The van der Waals surface area contributed by atoms with E-state index in [2.05, 4.69) is 22.5 Å². The molecule has 0 unspecified atom stereocenters. The molecule has 4 heteroatoms. The van der Waals surface area contributed by atoms with Crippen LogP contribution in [0.15, 0.2) is 40.9 Å². The smallest absolute Gasteiger partial charge is 0.333 e. The second-order valence-electron chi connectivity index (χ2n) is 3.57. The predicted molar refractivity (Wildman–Crippen MR) is 70.0 cm³/mol. The highest BCUT2D eigenvalue weighted by atomic mass is 79.9. The Kier molecular flexibility index (Phi) is 5.77. The normalized spacial score (nSPS) is 9.76. The predicted octanol–water partition coefficient (Wildman–Crippen LogP) is 3.34. The minimum atomic E-state index is -0.353. The molecule has 0 fully saturated rings. The SMILES string of the molecule is C=C(C)C(=O)OCCCOc1ccc(Br)cc1. The first-order valence-corrected chi connectivity index (χ1v) is 6.10. The summed E-state index contributed by atoms with van der Waals surface area (Å²) in [6, 6.07) is 7.58. The third kappa shape index (κ3) is 5.54. The fraction of sp³-hybridized carbons (Fsp3) is 0.308. The van der Waals surface area contributed by atoms with Crippen LogP contribution in [-0.4, -0.2) is 19.2 Å². The van der Waals surface area contributed by atoms with Gasteiger partial charge in [0.2, 0.25) is 0 Å². The highest BCUT2D eigenvalue weighted by Gasteiger charge is 2.02. The fourth-order valence-corrected chi connectivity index (χ4v) is 1.33. The van der Waals surface area contributed by atoms with Gasteiger partial charge in [0.05, 0.1) is 13.2 Å². The number of ether oxygens (including phenoxy) is 2. The van der Waals surface area contributed by atoms with Gasteiger partial charge in [0.25, 0.3) is 0 Å². The summed E-state index contributed by atoms with van der Waals surface area (Å²) in [4.78, 5) is 11.0. The van der Waals surface area contributed by atoms with Gasteiger partial charge in [-0.25, -0.2) is 4.79 Å². The van der Waals surface area contributed by atoms with Crippen molar-refractivity contribution in [3.63, 3.8) is 0 Å². The van der Waals surface area contributed by atoms with Gasteiger partial charge in [-0.1, -0.05) is 22.5 Å². The van der Waals surface area contributed by atoms with Crippen LogP contribution < -0.4 is 4.74 Å². The maximum absolute atomic E-state index is 11.0. The van der Waals surface area contributed by atoms with Crippen molar-refractivity contribution < 1.29 is 14.3 Å². The molecule has 0 aromatic heterocycles. The topological polar surface area (TPSA) is 35.5 Å². The number of carbonyl (C=O) groups is 1. The van der Waals surface area contributed by atoms with E-state index in [9.17, 15) is 4.79 Å². The first-order chi connectivity index (χ1) is 8.09. The lowest BCUT2D eigenvalue weighted by atomic mass is 10.3. The monoisotopic (exact) mass is 298 g/mol. The summed E-state index contributed by atoms with van der Waals surface area (Å²) in [5.74, 6) is 0.452. The van der Waals surface area contributed by atoms with Crippen LogP contribution in [0.4, 0.5) is 0 Å². The molecule has 0 aliphatic rings. The van der Waals surface area contributed by atoms with Gasteiger partial charge in [0, 0.05) is 16.5 Å². The summed E-state index contributed by atoms with van der Waals surface area (Å²) in [7, 11) is 0. The van der Waals surface area contributed by atoms with E-state index in [1.165, 1.54) is 0 Å². The third-order valence-corrected chi connectivity index (χ3v) is 2.48. The largest absolute Gasteiger partial charge is 0.493 e. The summed E-state index contributed by atoms with van der Waals surface area (Å²) < 4.78 is 11.4. The Hall–Kier alpha value is -1.29. The van der Waals surface area contributed by atoms with E-state index < -0.39 is 0 Å². The van der Waals surface area contributed by atoms with E-state index in [1.807, 2.05) is 24.3 Å². The quantitative estimate of drug-likeness (QED) is 0.459. The van der Waals surface area contributed by atoms with E-state index in [4.69, 9.17) is 9.47 Å². The van der Waals surface area contributed by atoms with Gasteiger partial charge < -0.3 is 9.47 Å². The first kappa shape index (κ1) is 13.8. The van der Waals surface area contributed by atoms with Crippen LogP contribution in [0.2, 0.25) is 0 Å². The first-order valence-electron chi connectivity index (χ1n) is 5.30. The number of carbonyl (C=O) groups excluding carboxylic acids is 1. The zero-order valence-electron chi connectivity index (χ0n) is 9.74. The molecule has 1 rings (SSSR count). The van der Waals surface area contributed by atoms with E-state index in [-0.39, 0.29) is 5.97 Å². The standard InChI is InChI=1S/C13H15BrO3/c1-10(2)13(15)17-9-3-8-16-12-6-4-11(14)5-7-12/h4-7H,1,3,8-9H2,2H3. The van der Waals surface area contributed by atoms with Crippen LogP contribution in [0, 0.1) is 0 Å². The van der Waals surface area contributed by atoms with Crippen LogP contribution >= 0.6 is 15.9 Å². The molecule has 0 saturated carbocycles. The Morgan fingerprint density at radius 1 is 1.29 bits per heavy atom. The lowest BCUT2D eigenvalue weighted by molar-refractivity contribution is -0.139. The van der Waals surface area contributed by atoms with Crippen LogP contribution in [-0.2, 0) is 9.53 Å². The Morgan fingerprint density at radius 3 is 2.53 bits per heavy atom. The molecule has 1 aromatic rings. The van der Waals surface area contributed by atoms with Gasteiger partial charge in [0.15, 0.2) is 0 Å². The van der Waals surface area contributed by atoms with Crippen molar-refractivity contribution in [3.8, 4) is 5.75 Å². The van der Waals surface area contributed by atoms with Gasteiger partial charge in [-0.3, -0.25) is 0 Å². The lowest BCUT2D eigenvalue weighted by Crippen LogP contribution is -2.09. The molecule has 0 aliphatic heterocycles. The zero-order chi connectivity index (χ0) is 12.7. The fourth-order valence-electron chi connectivity index (χ4n) is 1.07. The average Bonchev–Trinajstić information content (AvgIpc) is 2.30. The Bertz CT molecular complexity index is 384. The molecule has 3 nitrogen and oxygen atoms in total. The molecule has 92 valence electrons. The Morgan fingerprint density at radius 2 is 1.94 bits per heavy atom. The van der Waals surface area contributed by atoms with Gasteiger partial charge in [0.1, 0.15) is 5.75 Å². The molecule has 0 radical (unpaired) electrons. The van der Waals surface area contributed by atoms with Gasteiger partial charge in [-0.05, 0) is 31.2 Å². The summed E-state index contributed by atoms with van der Waals surface area (Å²) >= 11 is 3.35. The molecule has 0 amide bonds. The van der Waals surface area contributed by atoms with E-state index in [1.54, 1.807) is 6.92 Å². The number of halogens is 1. The highest BCUT2D eigenvalue weighted by molar-refractivity contribution is 9.10. The number of esters is 1. The lowest BCUT2D eigenvalue weighted by Gasteiger charge is -2.07. The molecule has 0 atom stereocenters. The van der Waals surface area contributed by atoms with Gasteiger partial charge >= 0.3 is 5.97 Å². The molecule has 0 N–H and O–H groups in total. The molecule has 0 heterocycles. The summed E-state index contributed by atoms with van der Waals surface area (Å²) in [6.07, 6.45) is 0.662. The van der Waals surface area contributed by atoms with Crippen molar-refractivity contribution in [2.45, 2.75) is 13.3 Å². The minimum absolute atomic E-state index is 0.349. The molecule has 0 bridgehead atoms. The number of hydrogen-bond acceptors (Lipinski definition) is 3. The van der Waals surface area contributed by atoms with Crippen molar-refractivity contribution in [1.29, 1.82) is 0 Å². The average molecular weight is 299 g/mol. The number of hydrogen-bond donors (Lipinski definition) is 0. The van der Waals surface area contributed by atoms with Crippen molar-refractivity contribution in [1.82, 2.24) is 0 Å². The second kappa shape index (κ2) is 7.12. The van der Waals surface area contributed by atoms with Crippen molar-refractivity contribution >= 4 is 21.9 Å². The molecule has 17 heavy (non-hydrogen) atoms. The number of rotatable bonds is 6. The van der Waals surface area contributed by atoms with Crippen molar-refractivity contribution in [2.24, 2.45) is 0 Å². The molecule has 1 aromatic carbocycles. The van der Waals surface area contributed by atoms with E-state index in [0.29, 0.717) is 25.2 Å². The summed E-state index contributed by atoms with van der Waals surface area (Å²) in [5, 5.41) is 0. The summed E-state index contributed by atoms with van der Waals surface area (Å²) in [6.45, 7) is 5.99. The Labute approximate surface area is 110 Å². The molecule has 0 saturated heterocycles.